The maximum atomic E-state index is 12.6. The molecule has 0 aromatic heterocycles. The molecule has 1 saturated heterocycles. The van der Waals surface area contributed by atoms with Crippen LogP contribution < -0.4 is 10.1 Å². The lowest BCUT2D eigenvalue weighted by molar-refractivity contribution is 0.0552. The first-order valence-electron chi connectivity index (χ1n) is 9.95. The van der Waals surface area contributed by atoms with E-state index < -0.39 is 15.6 Å². The first kappa shape index (κ1) is 22.3. The summed E-state index contributed by atoms with van der Waals surface area (Å²) in [7, 11) is -1.91. The molecule has 0 bridgehead atoms. The molecular weight excluding hydrogens is 404 g/mol. The van der Waals surface area contributed by atoms with E-state index in [9.17, 15) is 18.3 Å². The largest absolute Gasteiger partial charge is 0.497 e. The molecule has 2 aromatic carbocycles. The lowest BCUT2D eigenvalue weighted by Gasteiger charge is -2.24. The Labute approximate surface area is 177 Å². The Hall–Kier alpha value is -2.42. The summed E-state index contributed by atoms with van der Waals surface area (Å²) in [5.41, 5.74) is 0.130. The van der Waals surface area contributed by atoms with Gasteiger partial charge in [0.15, 0.2) is 0 Å². The lowest BCUT2D eigenvalue weighted by Crippen LogP contribution is -2.42. The molecule has 30 heavy (non-hydrogen) atoms. The van der Waals surface area contributed by atoms with Crippen LogP contribution in [0, 0.1) is 0 Å². The van der Waals surface area contributed by atoms with Crippen LogP contribution in [0.15, 0.2) is 53.4 Å². The topological polar surface area (TPSA) is 95.9 Å². The van der Waals surface area contributed by atoms with E-state index in [4.69, 9.17) is 4.74 Å². The van der Waals surface area contributed by atoms with Crippen molar-refractivity contribution in [2.24, 2.45) is 0 Å². The summed E-state index contributed by atoms with van der Waals surface area (Å²) < 4.78 is 31.7. The van der Waals surface area contributed by atoms with Gasteiger partial charge in [-0.2, -0.15) is 4.31 Å². The molecule has 2 aromatic rings. The maximum Gasteiger partial charge on any atom is 0.251 e. The van der Waals surface area contributed by atoms with Crippen LogP contribution in [-0.2, 0) is 16.4 Å². The van der Waals surface area contributed by atoms with Crippen molar-refractivity contribution in [3.05, 3.63) is 59.7 Å². The second kappa shape index (κ2) is 9.16. The second-order valence-electron chi connectivity index (χ2n) is 7.84. The molecule has 1 aliphatic heterocycles. The molecule has 1 heterocycles. The number of amides is 1. The summed E-state index contributed by atoms with van der Waals surface area (Å²) in [6.07, 6.45) is 2.11. The van der Waals surface area contributed by atoms with Gasteiger partial charge in [-0.1, -0.05) is 12.1 Å². The molecule has 1 fully saturated rings. The van der Waals surface area contributed by atoms with Crippen molar-refractivity contribution < 1.29 is 23.1 Å². The van der Waals surface area contributed by atoms with Gasteiger partial charge in [-0.3, -0.25) is 4.79 Å². The average Bonchev–Trinajstić information content (AvgIpc) is 3.28. The standard InChI is InChI=1S/C22H28N2O5S/c1-22(26,15-17-5-9-19(29-2)10-6-17)16-23-21(25)18-7-11-20(12-8-18)30(27,28)24-13-3-4-14-24/h5-12,26H,3-4,13-16H2,1-2H3,(H,23,25). The molecule has 7 nitrogen and oxygen atoms in total. The van der Waals surface area contributed by atoms with Crippen LogP contribution in [0.25, 0.3) is 0 Å². The number of nitrogens with one attached hydrogen (secondary N) is 1. The van der Waals surface area contributed by atoms with Crippen molar-refractivity contribution in [2.75, 3.05) is 26.7 Å². The third-order valence-corrected chi connectivity index (χ3v) is 7.11. The minimum Gasteiger partial charge on any atom is -0.497 e. The predicted octanol–water partition coefficient (Wildman–Crippen LogP) is 2.20. The van der Waals surface area contributed by atoms with E-state index in [-0.39, 0.29) is 17.3 Å². The molecule has 1 unspecified atom stereocenters. The summed E-state index contributed by atoms with van der Waals surface area (Å²) in [4.78, 5) is 12.6. The first-order valence-corrected chi connectivity index (χ1v) is 11.4. The summed E-state index contributed by atoms with van der Waals surface area (Å²) >= 11 is 0. The number of methoxy groups -OCH3 is 1. The third kappa shape index (κ3) is 5.38. The number of benzene rings is 2. The highest BCUT2D eigenvalue weighted by atomic mass is 32.2. The molecule has 0 spiro atoms. The van der Waals surface area contributed by atoms with Crippen LogP contribution in [0.4, 0.5) is 0 Å². The van der Waals surface area contributed by atoms with E-state index in [1.54, 1.807) is 14.0 Å². The van der Waals surface area contributed by atoms with E-state index in [1.165, 1.54) is 28.6 Å². The fraction of sp³-hybridized carbons (Fsp3) is 0.409. The van der Waals surface area contributed by atoms with Gasteiger partial charge < -0.3 is 15.2 Å². The Morgan fingerprint density at radius 1 is 1.10 bits per heavy atom. The summed E-state index contributed by atoms with van der Waals surface area (Å²) in [5.74, 6) is 0.372. The second-order valence-corrected chi connectivity index (χ2v) is 9.78. The highest BCUT2D eigenvalue weighted by Gasteiger charge is 2.27. The van der Waals surface area contributed by atoms with Crippen molar-refractivity contribution >= 4 is 15.9 Å². The fourth-order valence-electron chi connectivity index (χ4n) is 3.47. The lowest BCUT2D eigenvalue weighted by atomic mass is 9.96. The van der Waals surface area contributed by atoms with Crippen LogP contribution in [0.2, 0.25) is 0 Å². The van der Waals surface area contributed by atoms with Crippen LogP contribution in [0.3, 0.4) is 0 Å². The quantitative estimate of drug-likeness (QED) is 0.667. The van der Waals surface area contributed by atoms with Gasteiger partial charge in [0.2, 0.25) is 10.0 Å². The molecule has 1 atom stereocenters. The van der Waals surface area contributed by atoms with Crippen molar-refractivity contribution in [2.45, 2.75) is 36.7 Å². The van der Waals surface area contributed by atoms with E-state index in [0.29, 0.717) is 25.1 Å². The highest BCUT2D eigenvalue weighted by Crippen LogP contribution is 2.21. The van der Waals surface area contributed by atoms with E-state index in [2.05, 4.69) is 5.32 Å². The number of carbonyl (C=O) groups is 1. The van der Waals surface area contributed by atoms with Gasteiger partial charge in [0.25, 0.3) is 5.91 Å². The number of nitrogens with zero attached hydrogens (tertiary/aromatic N) is 1. The first-order chi connectivity index (χ1) is 14.2. The zero-order valence-corrected chi connectivity index (χ0v) is 18.1. The Balaban J connectivity index is 1.58. The third-order valence-electron chi connectivity index (χ3n) is 5.19. The number of aliphatic hydroxyl groups is 1. The van der Waals surface area contributed by atoms with Crippen LogP contribution in [0.5, 0.6) is 5.75 Å². The van der Waals surface area contributed by atoms with Crippen molar-refractivity contribution in [1.29, 1.82) is 0 Å². The molecule has 0 saturated carbocycles. The number of ether oxygens (including phenoxy) is 1. The van der Waals surface area contributed by atoms with Crippen LogP contribution >= 0.6 is 0 Å². The Morgan fingerprint density at radius 2 is 1.70 bits per heavy atom. The van der Waals surface area contributed by atoms with Gasteiger partial charge >= 0.3 is 0 Å². The van der Waals surface area contributed by atoms with Gasteiger partial charge in [-0.05, 0) is 61.7 Å². The molecule has 1 amide bonds. The van der Waals surface area contributed by atoms with Crippen molar-refractivity contribution in [3.63, 3.8) is 0 Å². The minimum atomic E-state index is -3.50. The number of hydrogen-bond acceptors (Lipinski definition) is 5. The molecule has 1 aliphatic rings. The maximum absolute atomic E-state index is 12.6. The van der Waals surface area contributed by atoms with Gasteiger partial charge in [-0.25, -0.2) is 8.42 Å². The zero-order valence-electron chi connectivity index (χ0n) is 17.3. The van der Waals surface area contributed by atoms with E-state index in [1.807, 2.05) is 24.3 Å². The monoisotopic (exact) mass is 432 g/mol. The average molecular weight is 433 g/mol. The predicted molar refractivity (Wildman–Crippen MR) is 114 cm³/mol. The Morgan fingerprint density at radius 3 is 2.27 bits per heavy atom. The molecule has 0 radical (unpaired) electrons. The molecule has 8 heteroatoms. The number of carbonyl (C=O) groups excluding carboxylic acids is 1. The molecule has 2 N–H and O–H groups in total. The summed E-state index contributed by atoms with van der Waals surface area (Å²) in [6.45, 7) is 2.79. The number of hydrogen-bond donors (Lipinski definition) is 2. The minimum absolute atomic E-state index is 0.0612. The van der Waals surface area contributed by atoms with E-state index >= 15 is 0 Å². The van der Waals surface area contributed by atoms with E-state index in [0.717, 1.165) is 24.2 Å². The number of rotatable bonds is 8. The Bertz CT molecular complexity index is 964. The SMILES string of the molecule is COc1ccc(CC(C)(O)CNC(=O)c2ccc(S(=O)(=O)N3CCCC3)cc2)cc1. The molecule has 162 valence electrons. The van der Waals surface area contributed by atoms with Crippen molar-refractivity contribution in [1.82, 2.24) is 9.62 Å². The van der Waals surface area contributed by atoms with Crippen LogP contribution in [0.1, 0.15) is 35.7 Å². The smallest absolute Gasteiger partial charge is 0.251 e. The van der Waals surface area contributed by atoms with Crippen molar-refractivity contribution in [3.8, 4) is 5.75 Å². The molecule has 0 aliphatic carbocycles. The summed E-state index contributed by atoms with van der Waals surface area (Å²) in [5, 5.41) is 13.4. The zero-order chi connectivity index (χ0) is 21.8. The van der Waals surface area contributed by atoms with Gasteiger partial charge in [0, 0.05) is 31.6 Å². The van der Waals surface area contributed by atoms with Gasteiger partial charge in [-0.15, -0.1) is 0 Å². The number of sulfonamides is 1. The highest BCUT2D eigenvalue weighted by molar-refractivity contribution is 7.89. The summed E-state index contributed by atoms with van der Waals surface area (Å²) in [6, 6.07) is 13.3. The normalized spacial score (nSPS) is 16.8. The van der Waals surface area contributed by atoms with Gasteiger partial charge in [0.05, 0.1) is 17.6 Å². The van der Waals surface area contributed by atoms with Gasteiger partial charge in [0.1, 0.15) is 5.75 Å². The van der Waals surface area contributed by atoms with Crippen LogP contribution in [-0.4, -0.2) is 56.1 Å². The Kier molecular flexibility index (Phi) is 6.80. The molecule has 3 rings (SSSR count). The molecular formula is C22H28N2O5S. The fourth-order valence-corrected chi connectivity index (χ4v) is 4.99.